The van der Waals surface area contributed by atoms with Crippen molar-refractivity contribution in [2.45, 2.75) is 23.5 Å². The van der Waals surface area contributed by atoms with Gasteiger partial charge < -0.3 is 14.6 Å². The lowest BCUT2D eigenvalue weighted by Crippen LogP contribution is -2.16. The second-order valence-electron chi connectivity index (χ2n) is 7.01. The smallest absolute Gasteiger partial charge is 0.457 e. The average molecular weight is 506 g/mol. The highest BCUT2D eigenvalue weighted by Gasteiger charge is 2.31. The lowest BCUT2D eigenvalue weighted by molar-refractivity contribution is -0.274. The van der Waals surface area contributed by atoms with Gasteiger partial charge in [0.25, 0.3) is 0 Å². The molecule has 34 heavy (non-hydrogen) atoms. The quantitative estimate of drug-likeness (QED) is 0.404. The van der Waals surface area contributed by atoms with Gasteiger partial charge in [0.2, 0.25) is 0 Å². The lowest BCUT2D eigenvalue weighted by atomic mass is 10.1. The van der Waals surface area contributed by atoms with E-state index in [4.69, 9.17) is 4.74 Å². The molecule has 1 atom stereocenters. The summed E-state index contributed by atoms with van der Waals surface area (Å²) in [6.45, 7) is 0. The minimum atomic E-state index is -4.83. The summed E-state index contributed by atoms with van der Waals surface area (Å²) in [5, 5.41) is 10.2. The zero-order chi connectivity index (χ0) is 25.1. The van der Waals surface area contributed by atoms with Crippen LogP contribution < -0.4 is 9.47 Å². The Morgan fingerprint density at radius 3 is 1.68 bits per heavy atom. The number of rotatable bonds is 7. The van der Waals surface area contributed by atoms with Gasteiger partial charge in [-0.3, -0.25) is 0 Å². The number of benzene rings is 3. The van der Waals surface area contributed by atoms with Crippen LogP contribution >= 0.6 is 0 Å². The summed E-state index contributed by atoms with van der Waals surface area (Å²) < 4.78 is 109. The zero-order valence-electron chi connectivity index (χ0n) is 17.0. The highest BCUT2D eigenvalue weighted by Crippen LogP contribution is 2.31. The van der Waals surface area contributed by atoms with E-state index in [-0.39, 0.29) is 22.0 Å². The Labute approximate surface area is 190 Å². The Bertz CT molecular complexity index is 1200. The summed E-state index contributed by atoms with van der Waals surface area (Å²) in [4.78, 5) is -0.167. The molecule has 3 aromatic carbocycles. The van der Waals surface area contributed by atoms with Crippen LogP contribution in [0.3, 0.4) is 0 Å². The first-order chi connectivity index (χ1) is 15.7. The van der Waals surface area contributed by atoms with Gasteiger partial charge in [0.1, 0.15) is 17.2 Å². The maximum Gasteiger partial charge on any atom is 0.573 e. The van der Waals surface area contributed by atoms with E-state index >= 15 is 0 Å². The molecule has 12 heteroatoms. The number of alkyl halides is 6. The molecule has 0 heterocycles. The fraction of sp³-hybridized carbons (Fsp3) is 0.182. The molecule has 0 saturated heterocycles. The van der Waals surface area contributed by atoms with E-state index in [2.05, 4.69) is 4.74 Å². The van der Waals surface area contributed by atoms with E-state index in [9.17, 15) is 39.9 Å². The Morgan fingerprint density at radius 2 is 1.21 bits per heavy atom. The zero-order valence-corrected chi connectivity index (χ0v) is 17.8. The third-order valence-corrected chi connectivity index (χ3v) is 6.22. The average Bonchev–Trinajstić information content (AvgIpc) is 2.74. The molecule has 0 radical (unpaired) electrons. The fourth-order valence-corrected chi connectivity index (χ4v) is 4.21. The number of aliphatic hydroxyl groups excluding tert-OH is 1. The van der Waals surface area contributed by atoms with Crippen molar-refractivity contribution in [1.29, 1.82) is 0 Å². The van der Waals surface area contributed by atoms with E-state index in [0.717, 1.165) is 36.4 Å². The Morgan fingerprint density at radius 1 is 0.735 bits per heavy atom. The molecule has 0 saturated carbocycles. The summed E-state index contributed by atoms with van der Waals surface area (Å²) in [6, 6.07) is 13.1. The molecule has 5 nitrogen and oxygen atoms in total. The van der Waals surface area contributed by atoms with E-state index in [1.54, 1.807) is 0 Å². The van der Waals surface area contributed by atoms with Crippen molar-refractivity contribution in [3.8, 4) is 17.2 Å². The van der Waals surface area contributed by atoms with Crippen LogP contribution in [0.2, 0.25) is 0 Å². The van der Waals surface area contributed by atoms with Crippen LogP contribution in [0.4, 0.5) is 26.3 Å². The van der Waals surface area contributed by atoms with Gasteiger partial charge >= 0.3 is 12.5 Å². The van der Waals surface area contributed by atoms with Crippen molar-refractivity contribution in [3.63, 3.8) is 0 Å². The molecule has 0 aliphatic heterocycles. The first-order valence-corrected chi connectivity index (χ1v) is 11.1. The normalized spacial score (nSPS) is 13.4. The molecular formula is C22H16F6O5S. The van der Waals surface area contributed by atoms with Crippen molar-refractivity contribution in [2.75, 3.05) is 5.75 Å². The molecule has 3 aromatic rings. The van der Waals surface area contributed by atoms with Gasteiger partial charge in [-0.1, -0.05) is 12.1 Å². The molecule has 0 aliphatic carbocycles. The number of aliphatic hydroxyl groups is 1. The topological polar surface area (TPSA) is 72.8 Å². The van der Waals surface area contributed by atoms with E-state index < -0.39 is 45.5 Å². The van der Waals surface area contributed by atoms with Gasteiger partial charge in [0, 0.05) is 0 Å². The highest BCUT2D eigenvalue weighted by atomic mass is 32.2. The molecule has 182 valence electrons. The van der Waals surface area contributed by atoms with Crippen molar-refractivity contribution in [2.24, 2.45) is 0 Å². The first-order valence-electron chi connectivity index (χ1n) is 9.45. The second-order valence-corrected chi connectivity index (χ2v) is 9.04. The molecule has 3 rings (SSSR count). The Hall–Kier alpha value is -3.25. The first kappa shape index (κ1) is 25.4. The van der Waals surface area contributed by atoms with Gasteiger partial charge in [-0.2, -0.15) is 13.2 Å². The summed E-state index contributed by atoms with van der Waals surface area (Å²) in [5.41, 5.74) is -0.918. The van der Waals surface area contributed by atoms with Crippen molar-refractivity contribution in [1.82, 2.24) is 0 Å². The van der Waals surface area contributed by atoms with Crippen molar-refractivity contribution < 1.29 is 49.3 Å². The molecule has 0 bridgehead atoms. The lowest BCUT2D eigenvalue weighted by Gasteiger charge is -2.14. The standard InChI is InChI=1S/C22H16F6O5S/c23-21(24,25)15-3-1-14(2-4-15)20(29)13-34(30,31)19-11-9-17(10-12-19)32-16-5-7-18(8-6-16)33-22(26,27)28/h1-12,20,29H,13H2. The van der Waals surface area contributed by atoms with Crippen molar-refractivity contribution >= 4 is 9.84 Å². The fourth-order valence-electron chi connectivity index (χ4n) is 2.85. The van der Waals surface area contributed by atoms with Crippen LogP contribution in [0.15, 0.2) is 77.7 Å². The predicted molar refractivity (Wildman–Crippen MR) is 108 cm³/mol. The second kappa shape index (κ2) is 9.55. The van der Waals surface area contributed by atoms with Gasteiger partial charge in [0.15, 0.2) is 9.84 Å². The molecule has 0 amide bonds. The number of sulfone groups is 1. The molecule has 1 unspecified atom stereocenters. The molecule has 0 aliphatic rings. The summed E-state index contributed by atoms with van der Waals surface area (Å²) in [7, 11) is -4.01. The van der Waals surface area contributed by atoms with Crippen LogP contribution in [0.25, 0.3) is 0 Å². The predicted octanol–water partition coefficient (Wildman–Crippen LogP) is 5.90. The van der Waals surface area contributed by atoms with Crippen LogP contribution in [-0.2, 0) is 16.0 Å². The third kappa shape index (κ3) is 6.87. The number of ether oxygens (including phenoxy) is 2. The monoisotopic (exact) mass is 506 g/mol. The van der Waals surface area contributed by atoms with E-state index in [1.165, 1.54) is 36.4 Å². The van der Waals surface area contributed by atoms with Gasteiger partial charge in [-0.05, 0) is 66.2 Å². The number of hydrogen-bond donors (Lipinski definition) is 1. The molecule has 1 N–H and O–H groups in total. The highest BCUT2D eigenvalue weighted by molar-refractivity contribution is 7.91. The summed E-state index contributed by atoms with van der Waals surface area (Å²) in [5.74, 6) is -0.846. The minimum Gasteiger partial charge on any atom is -0.457 e. The van der Waals surface area contributed by atoms with Crippen LogP contribution in [-0.4, -0.2) is 25.6 Å². The Kier molecular flexibility index (Phi) is 7.13. The third-order valence-electron chi connectivity index (χ3n) is 4.48. The number of halogens is 6. The molecular weight excluding hydrogens is 490 g/mol. The SMILES string of the molecule is O=S(=O)(CC(O)c1ccc(C(F)(F)F)cc1)c1ccc(Oc2ccc(OC(F)(F)F)cc2)cc1. The Balaban J connectivity index is 1.65. The van der Waals surface area contributed by atoms with Gasteiger partial charge in [-0.15, -0.1) is 13.2 Å². The minimum absolute atomic E-state index is 0.00878. The summed E-state index contributed by atoms with van der Waals surface area (Å²) >= 11 is 0. The molecule has 0 fully saturated rings. The van der Waals surface area contributed by atoms with Gasteiger partial charge in [0.05, 0.1) is 22.3 Å². The van der Waals surface area contributed by atoms with Crippen LogP contribution in [0.1, 0.15) is 17.2 Å². The summed E-state index contributed by atoms with van der Waals surface area (Å²) in [6.07, 6.45) is -10.9. The van der Waals surface area contributed by atoms with Crippen LogP contribution in [0, 0.1) is 0 Å². The van der Waals surface area contributed by atoms with E-state index in [1.807, 2.05) is 0 Å². The largest absolute Gasteiger partial charge is 0.573 e. The maximum atomic E-state index is 12.6. The van der Waals surface area contributed by atoms with Gasteiger partial charge in [-0.25, -0.2) is 8.42 Å². The van der Waals surface area contributed by atoms with Crippen molar-refractivity contribution in [3.05, 3.63) is 83.9 Å². The maximum absolute atomic E-state index is 12.6. The molecule has 0 aromatic heterocycles. The number of hydrogen-bond acceptors (Lipinski definition) is 5. The molecule has 0 spiro atoms. The van der Waals surface area contributed by atoms with Crippen LogP contribution in [0.5, 0.6) is 17.2 Å². The van der Waals surface area contributed by atoms with E-state index in [0.29, 0.717) is 0 Å².